The first-order chi connectivity index (χ1) is 18.6. The van der Waals surface area contributed by atoms with E-state index < -0.39 is 30.9 Å². The van der Waals surface area contributed by atoms with Crippen molar-refractivity contribution >= 4 is 17.7 Å². The van der Waals surface area contributed by atoms with Gasteiger partial charge in [0.25, 0.3) is 0 Å². The summed E-state index contributed by atoms with van der Waals surface area (Å²) in [5.74, 6) is 27.2. The van der Waals surface area contributed by atoms with Crippen molar-refractivity contribution in [1.82, 2.24) is 0 Å². The minimum atomic E-state index is -0.911. The van der Waals surface area contributed by atoms with Crippen LogP contribution in [0.5, 0.6) is 0 Å². The Balaban J connectivity index is 3.78. The smallest absolute Gasteiger partial charge is 0.385 e. The van der Waals surface area contributed by atoms with Crippen LogP contribution in [0.15, 0.2) is 0 Å². The highest BCUT2D eigenvalue weighted by molar-refractivity contribution is 5.92. The second kappa shape index (κ2) is 27.6. The predicted octanol–water partition coefficient (Wildman–Crippen LogP) is 5.16. The van der Waals surface area contributed by atoms with Gasteiger partial charge < -0.3 is 9.47 Å². The zero-order chi connectivity index (χ0) is 27.9. The van der Waals surface area contributed by atoms with Gasteiger partial charge in [0, 0.05) is 12.3 Å². The summed E-state index contributed by atoms with van der Waals surface area (Å²) in [6.07, 6.45) is 16.2. The number of hydrogen-bond donors (Lipinski definition) is 0. The van der Waals surface area contributed by atoms with Gasteiger partial charge in [0.1, 0.15) is 0 Å². The average Bonchev–Trinajstić information content (AvgIpc) is 2.92. The van der Waals surface area contributed by atoms with Crippen LogP contribution in [-0.4, -0.2) is 30.9 Å². The number of Topliss-reactive ketones (excluding diaryl/α,β-unsaturated/α-hetero) is 1. The van der Waals surface area contributed by atoms with Gasteiger partial charge in [-0.15, -0.1) is 0 Å². The Morgan fingerprint density at radius 2 is 0.947 bits per heavy atom. The number of ether oxygens (including phenoxy) is 2. The minimum Gasteiger partial charge on any atom is -0.458 e. The third-order valence-electron chi connectivity index (χ3n) is 5.09. The molecule has 0 fully saturated rings. The van der Waals surface area contributed by atoms with E-state index in [2.05, 4.69) is 78.0 Å². The maximum atomic E-state index is 11.8. The van der Waals surface area contributed by atoms with Crippen molar-refractivity contribution in [3.8, 4) is 71.0 Å². The van der Waals surface area contributed by atoms with E-state index in [0.717, 1.165) is 19.3 Å². The van der Waals surface area contributed by atoms with Crippen molar-refractivity contribution in [3.05, 3.63) is 0 Å². The summed E-state index contributed by atoms with van der Waals surface area (Å²) in [6.45, 7) is 2.96. The van der Waals surface area contributed by atoms with E-state index in [-0.39, 0.29) is 6.42 Å². The third-order valence-corrected chi connectivity index (χ3v) is 5.09. The van der Waals surface area contributed by atoms with Crippen LogP contribution in [-0.2, 0) is 23.9 Å². The van der Waals surface area contributed by atoms with Gasteiger partial charge in [0.2, 0.25) is 5.78 Å². The molecule has 0 atom stereocenters. The lowest BCUT2D eigenvalue weighted by Crippen LogP contribution is -2.20. The Hall–Kier alpha value is -4.03. The van der Waals surface area contributed by atoms with Gasteiger partial charge in [-0.05, 0) is 72.5 Å². The summed E-state index contributed by atoms with van der Waals surface area (Å²) in [7, 11) is 0. The van der Waals surface area contributed by atoms with Crippen LogP contribution in [0.1, 0.15) is 104 Å². The monoisotopic (exact) mass is 514 g/mol. The number of ketones is 1. The summed E-state index contributed by atoms with van der Waals surface area (Å²) in [6, 6.07) is 0. The second-order valence-electron chi connectivity index (χ2n) is 8.39. The Labute approximate surface area is 229 Å². The molecule has 200 valence electrons. The largest absolute Gasteiger partial charge is 0.458 e. The van der Waals surface area contributed by atoms with Gasteiger partial charge in [-0.2, -0.15) is 0 Å². The molecule has 5 heteroatoms. The lowest BCUT2D eigenvalue weighted by atomic mass is 10.0. The number of esters is 2. The van der Waals surface area contributed by atoms with Gasteiger partial charge in [-0.1, -0.05) is 89.9 Å². The molecule has 0 N–H and O–H groups in total. The molecule has 38 heavy (non-hydrogen) atoms. The summed E-state index contributed by atoms with van der Waals surface area (Å²) < 4.78 is 9.64. The van der Waals surface area contributed by atoms with Crippen molar-refractivity contribution in [1.29, 1.82) is 0 Å². The Morgan fingerprint density at radius 1 is 0.526 bits per heavy atom. The Morgan fingerprint density at radius 3 is 1.45 bits per heavy atom. The molecule has 0 unspecified atom stereocenters. The van der Waals surface area contributed by atoms with Crippen LogP contribution in [0.3, 0.4) is 0 Å². The standard InChI is InChI=1S/C33H38O5/c1-3-5-7-9-11-13-15-16-18-20-22-24-26-28-33(36)38-30-31(34)29-37-32(35)27-25-23-21-19-17-14-12-10-8-6-4-2/h3,5,7,9,11,13,15-16,18,20,22,24,26,28-30H2,1-2H3. The Kier molecular flexibility index (Phi) is 24.6. The van der Waals surface area contributed by atoms with E-state index >= 15 is 0 Å². The molecule has 0 spiro atoms. The van der Waals surface area contributed by atoms with E-state index in [9.17, 15) is 14.4 Å². The fraction of sp³-hybridized carbons (Fsp3) is 0.545. The normalized spacial score (nSPS) is 8.47. The molecule has 0 aromatic heterocycles. The summed E-state index contributed by atoms with van der Waals surface area (Å²) >= 11 is 0. The molecular weight excluding hydrogens is 476 g/mol. The van der Waals surface area contributed by atoms with Crippen LogP contribution in [0.2, 0.25) is 0 Å². The zero-order valence-corrected chi connectivity index (χ0v) is 22.9. The minimum absolute atomic E-state index is 0.282. The van der Waals surface area contributed by atoms with E-state index in [1.807, 2.05) is 0 Å². The molecule has 0 heterocycles. The number of unbranched alkanes of at least 4 members (excludes halogenated alkanes) is 12. The second-order valence-corrected chi connectivity index (χ2v) is 8.39. The molecule has 0 radical (unpaired) electrons. The van der Waals surface area contributed by atoms with Crippen LogP contribution in [0.25, 0.3) is 0 Å². The SMILES string of the molecule is CC#CC#CC#CC#CC#CC#CC(=O)OCC(=O)COC(=O)CCCCCCCCCCCCCCC. The first-order valence-electron chi connectivity index (χ1n) is 13.4. The molecule has 0 bridgehead atoms. The highest BCUT2D eigenvalue weighted by Crippen LogP contribution is 2.13. The number of hydrogen-bond acceptors (Lipinski definition) is 5. The van der Waals surface area contributed by atoms with Crippen molar-refractivity contribution in [2.24, 2.45) is 0 Å². The first-order valence-corrected chi connectivity index (χ1v) is 13.4. The maximum Gasteiger partial charge on any atom is 0.385 e. The van der Waals surface area contributed by atoms with E-state index in [0.29, 0.717) is 0 Å². The molecule has 0 aromatic carbocycles. The van der Waals surface area contributed by atoms with Crippen LogP contribution >= 0.6 is 0 Å². The lowest BCUT2D eigenvalue weighted by molar-refractivity contribution is -0.151. The molecule has 0 aromatic rings. The Bertz CT molecular complexity index is 1090. The molecule has 0 aliphatic rings. The highest BCUT2D eigenvalue weighted by atomic mass is 16.6. The predicted molar refractivity (Wildman–Crippen MR) is 150 cm³/mol. The van der Waals surface area contributed by atoms with Crippen molar-refractivity contribution in [2.45, 2.75) is 104 Å². The van der Waals surface area contributed by atoms with Gasteiger partial charge in [0.05, 0.1) is 0 Å². The van der Waals surface area contributed by atoms with Gasteiger partial charge in [0.15, 0.2) is 13.2 Å². The summed E-state index contributed by atoms with van der Waals surface area (Å²) in [4.78, 5) is 35.0. The summed E-state index contributed by atoms with van der Waals surface area (Å²) in [5, 5.41) is 0. The molecule has 0 saturated carbocycles. The van der Waals surface area contributed by atoms with Gasteiger partial charge >= 0.3 is 11.9 Å². The van der Waals surface area contributed by atoms with Crippen LogP contribution in [0.4, 0.5) is 0 Å². The quantitative estimate of drug-likeness (QED) is 0.109. The highest BCUT2D eigenvalue weighted by Gasteiger charge is 2.09. The molecule has 5 nitrogen and oxygen atoms in total. The number of carbonyl (C=O) groups is 3. The lowest BCUT2D eigenvalue weighted by Gasteiger charge is -2.05. The topological polar surface area (TPSA) is 69.7 Å². The summed E-state index contributed by atoms with van der Waals surface area (Å²) in [5.41, 5.74) is 0. The molecular formula is C33H38O5. The van der Waals surface area contributed by atoms with Crippen LogP contribution < -0.4 is 0 Å². The van der Waals surface area contributed by atoms with Crippen LogP contribution in [0, 0.1) is 71.0 Å². The molecule has 0 rings (SSSR count). The molecule has 0 aliphatic heterocycles. The molecule has 0 aliphatic carbocycles. The number of rotatable bonds is 18. The average molecular weight is 515 g/mol. The van der Waals surface area contributed by atoms with E-state index in [1.54, 1.807) is 6.92 Å². The maximum absolute atomic E-state index is 11.8. The fourth-order valence-corrected chi connectivity index (χ4v) is 3.14. The molecule has 0 saturated heterocycles. The van der Waals surface area contributed by atoms with Crippen molar-refractivity contribution < 1.29 is 23.9 Å². The number of carbonyl (C=O) groups excluding carboxylic acids is 3. The van der Waals surface area contributed by atoms with Gasteiger partial charge in [-0.3, -0.25) is 9.59 Å². The van der Waals surface area contributed by atoms with E-state index in [4.69, 9.17) is 9.47 Å². The van der Waals surface area contributed by atoms with Crippen molar-refractivity contribution in [2.75, 3.05) is 13.2 Å². The fourth-order valence-electron chi connectivity index (χ4n) is 3.14. The van der Waals surface area contributed by atoms with Crippen molar-refractivity contribution in [3.63, 3.8) is 0 Å². The molecule has 0 amide bonds. The van der Waals surface area contributed by atoms with Gasteiger partial charge in [-0.25, -0.2) is 4.79 Å². The first kappa shape index (κ1) is 34.0. The van der Waals surface area contributed by atoms with E-state index in [1.165, 1.54) is 64.2 Å². The zero-order valence-electron chi connectivity index (χ0n) is 22.9. The third kappa shape index (κ3) is 26.6.